The quantitative estimate of drug-likeness (QED) is 0.946. The molecule has 1 amide bonds. The van der Waals surface area contributed by atoms with Gasteiger partial charge in [-0.2, -0.15) is 0 Å². The van der Waals surface area contributed by atoms with Crippen molar-refractivity contribution < 1.29 is 9.90 Å². The molecule has 1 heterocycles. The first-order valence-electron chi connectivity index (χ1n) is 7.74. The maximum Gasteiger partial charge on any atom is 0.219 e. The lowest BCUT2D eigenvalue weighted by Crippen LogP contribution is -2.49. The van der Waals surface area contributed by atoms with Crippen LogP contribution in [0.1, 0.15) is 30.9 Å². The molecule has 0 aliphatic carbocycles. The first kappa shape index (κ1) is 14.8. The van der Waals surface area contributed by atoms with Gasteiger partial charge in [0.15, 0.2) is 0 Å². The Bertz CT molecular complexity index is 599. The van der Waals surface area contributed by atoms with Crippen LogP contribution in [-0.4, -0.2) is 28.5 Å². The van der Waals surface area contributed by atoms with E-state index in [9.17, 15) is 9.90 Å². The topological polar surface area (TPSA) is 40.5 Å². The number of aliphatic hydroxyl groups is 1. The maximum atomic E-state index is 12.0. The first-order chi connectivity index (χ1) is 10.6. The van der Waals surface area contributed by atoms with Gasteiger partial charge in [0, 0.05) is 13.5 Å². The molecule has 1 atom stereocenters. The van der Waals surface area contributed by atoms with Gasteiger partial charge in [-0.15, -0.1) is 0 Å². The van der Waals surface area contributed by atoms with Crippen LogP contribution in [0.3, 0.4) is 0 Å². The Morgan fingerprint density at radius 3 is 2.00 bits per heavy atom. The molecular formula is C19H21NO2. The molecular weight excluding hydrogens is 274 g/mol. The van der Waals surface area contributed by atoms with Crippen molar-refractivity contribution in [3.05, 3.63) is 71.8 Å². The number of carbonyl (C=O) groups is 1. The van der Waals surface area contributed by atoms with Crippen LogP contribution in [-0.2, 0) is 10.4 Å². The zero-order valence-electron chi connectivity index (χ0n) is 12.8. The highest BCUT2D eigenvalue weighted by Gasteiger charge is 2.46. The molecule has 3 heteroatoms. The van der Waals surface area contributed by atoms with E-state index < -0.39 is 5.60 Å². The average Bonchev–Trinajstić information content (AvgIpc) is 3.06. The third-order valence-corrected chi connectivity index (χ3v) is 4.57. The largest absolute Gasteiger partial charge is 0.378 e. The lowest BCUT2D eigenvalue weighted by Gasteiger charge is -2.39. The van der Waals surface area contributed by atoms with E-state index in [4.69, 9.17) is 0 Å². The van der Waals surface area contributed by atoms with E-state index in [2.05, 4.69) is 0 Å². The zero-order valence-corrected chi connectivity index (χ0v) is 12.8. The molecule has 3 nitrogen and oxygen atoms in total. The summed E-state index contributed by atoms with van der Waals surface area (Å²) < 4.78 is 0. The van der Waals surface area contributed by atoms with Crippen LogP contribution in [0.5, 0.6) is 0 Å². The molecule has 0 saturated carbocycles. The molecule has 0 spiro atoms. The summed E-state index contributed by atoms with van der Waals surface area (Å²) in [5.74, 6) is 0.0211. The van der Waals surface area contributed by atoms with E-state index in [0.29, 0.717) is 6.54 Å². The lowest BCUT2D eigenvalue weighted by molar-refractivity contribution is -0.134. The minimum atomic E-state index is -1.18. The fourth-order valence-corrected chi connectivity index (χ4v) is 3.51. The summed E-state index contributed by atoms with van der Waals surface area (Å²) in [6, 6.07) is 19.1. The monoisotopic (exact) mass is 295 g/mol. The number of carbonyl (C=O) groups excluding carboxylic acids is 1. The lowest BCUT2D eigenvalue weighted by atomic mass is 9.79. The van der Waals surface area contributed by atoms with Crippen molar-refractivity contribution in [2.45, 2.75) is 31.4 Å². The molecule has 114 valence electrons. The van der Waals surface area contributed by atoms with E-state index in [-0.39, 0.29) is 11.9 Å². The minimum Gasteiger partial charge on any atom is -0.378 e. The van der Waals surface area contributed by atoms with Gasteiger partial charge in [0.05, 0.1) is 6.04 Å². The van der Waals surface area contributed by atoms with E-state index in [1.165, 1.54) is 0 Å². The fraction of sp³-hybridized carbons (Fsp3) is 0.316. The summed E-state index contributed by atoms with van der Waals surface area (Å²) in [5, 5.41) is 11.7. The molecule has 2 aromatic carbocycles. The van der Waals surface area contributed by atoms with E-state index in [1.807, 2.05) is 60.7 Å². The summed E-state index contributed by atoms with van der Waals surface area (Å²) in [7, 11) is 0. The highest BCUT2D eigenvalue weighted by atomic mass is 16.3. The molecule has 1 fully saturated rings. The Labute approximate surface area is 131 Å². The second-order valence-corrected chi connectivity index (χ2v) is 5.87. The van der Waals surface area contributed by atoms with E-state index in [1.54, 1.807) is 11.8 Å². The number of rotatable bonds is 3. The van der Waals surface area contributed by atoms with Gasteiger partial charge in [-0.25, -0.2) is 0 Å². The van der Waals surface area contributed by atoms with Gasteiger partial charge in [0.25, 0.3) is 0 Å². The molecule has 1 N–H and O–H groups in total. The van der Waals surface area contributed by atoms with E-state index in [0.717, 1.165) is 24.0 Å². The molecule has 1 unspecified atom stereocenters. The summed E-state index contributed by atoms with van der Waals surface area (Å²) in [6.07, 6.45) is 1.73. The Morgan fingerprint density at radius 1 is 1.05 bits per heavy atom. The van der Waals surface area contributed by atoms with Gasteiger partial charge in [-0.05, 0) is 24.0 Å². The molecule has 0 bridgehead atoms. The summed E-state index contributed by atoms with van der Waals surface area (Å²) in [5.41, 5.74) is 0.490. The van der Waals surface area contributed by atoms with Crippen LogP contribution in [0, 0.1) is 0 Å². The smallest absolute Gasteiger partial charge is 0.219 e. The molecule has 0 radical (unpaired) electrons. The van der Waals surface area contributed by atoms with Crippen molar-refractivity contribution in [2.24, 2.45) is 0 Å². The van der Waals surface area contributed by atoms with Crippen molar-refractivity contribution in [1.29, 1.82) is 0 Å². The van der Waals surface area contributed by atoms with Crippen LogP contribution < -0.4 is 0 Å². The van der Waals surface area contributed by atoms with Gasteiger partial charge < -0.3 is 10.0 Å². The molecule has 22 heavy (non-hydrogen) atoms. The molecule has 1 aliphatic rings. The van der Waals surface area contributed by atoms with Crippen LogP contribution >= 0.6 is 0 Å². The molecule has 0 aromatic heterocycles. The van der Waals surface area contributed by atoms with Crippen LogP contribution in [0.15, 0.2) is 60.7 Å². The summed E-state index contributed by atoms with van der Waals surface area (Å²) in [6.45, 7) is 2.29. The Morgan fingerprint density at radius 2 is 1.55 bits per heavy atom. The number of hydrogen-bond donors (Lipinski definition) is 1. The van der Waals surface area contributed by atoms with E-state index >= 15 is 0 Å². The molecule has 1 saturated heterocycles. The number of benzene rings is 2. The van der Waals surface area contributed by atoms with Crippen molar-refractivity contribution in [3.63, 3.8) is 0 Å². The van der Waals surface area contributed by atoms with Gasteiger partial charge in [0.2, 0.25) is 5.91 Å². The van der Waals surface area contributed by atoms with Crippen molar-refractivity contribution in [3.8, 4) is 0 Å². The maximum absolute atomic E-state index is 12.0. The van der Waals surface area contributed by atoms with Gasteiger partial charge in [0.1, 0.15) is 5.60 Å². The normalized spacial score (nSPS) is 18.5. The van der Waals surface area contributed by atoms with Crippen LogP contribution in [0.25, 0.3) is 0 Å². The zero-order chi connectivity index (χ0) is 15.6. The second-order valence-electron chi connectivity index (χ2n) is 5.87. The average molecular weight is 295 g/mol. The number of nitrogens with zero attached hydrogens (tertiary/aromatic N) is 1. The predicted molar refractivity (Wildman–Crippen MR) is 86.3 cm³/mol. The number of hydrogen-bond acceptors (Lipinski definition) is 2. The molecule has 1 aliphatic heterocycles. The second kappa shape index (κ2) is 5.93. The van der Waals surface area contributed by atoms with Gasteiger partial charge in [-0.3, -0.25) is 4.79 Å². The summed E-state index contributed by atoms with van der Waals surface area (Å²) in [4.78, 5) is 13.8. The summed E-state index contributed by atoms with van der Waals surface area (Å²) >= 11 is 0. The standard InChI is InChI=1S/C19H21NO2/c1-15(21)20-14-8-13-18(20)19(22,16-9-4-2-5-10-16)17-11-6-3-7-12-17/h2-7,9-12,18,22H,8,13-14H2,1H3. The van der Waals surface area contributed by atoms with Gasteiger partial charge >= 0.3 is 0 Å². The van der Waals surface area contributed by atoms with Gasteiger partial charge in [-0.1, -0.05) is 60.7 Å². The Balaban J connectivity index is 2.14. The van der Waals surface area contributed by atoms with Crippen molar-refractivity contribution in [2.75, 3.05) is 6.54 Å². The molecule has 3 rings (SSSR count). The highest BCUT2D eigenvalue weighted by Crippen LogP contribution is 2.40. The predicted octanol–water partition coefficient (Wildman–Crippen LogP) is 2.93. The number of amides is 1. The third kappa shape index (κ3) is 2.42. The SMILES string of the molecule is CC(=O)N1CCCC1C(O)(c1ccccc1)c1ccccc1. The fourth-order valence-electron chi connectivity index (χ4n) is 3.51. The third-order valence-electron chi connectivity index (χ3n) is 4.57. The highest BCUT2D eigenvalue weighted by molar-refractivity contribution is 5.74. The van der Waals surface area contributed by atoms with Crippen molar-refractivity contribution in [1.82, 2.24) is 4.90 Å². The number of likely N-dealkylation sites (tertiary alicyclic amines) is 1. The van der Waals surface area contributed by atoms with Crippen LogP contribution in [0.4, 0.5) is 0 Å². The molecule has 2 aromatic rings. The van der Waals surface area contributed by atoms with Crippen molar-refractivity contribution >= 4 is 5.91 Å². The van der Waals surface area contributed by atoms with Crippen LogP contribution in [0.2, 0.25) is 0 Å². The minimum absolute atomic E-state index is 0.0211. The Kier molecular flexibility index (Phi) is 3.99. The first-order valence-corrected chi connectivity index (χ1v) is 7.74. The Hall–Kier alpha value is -2.13.